The van der Waals surface area contributed by atoms with Crippen LogP contribution < -0.4 is 15.5 Å². The second kappa shape index (κ2) is 6.46. The summed E-state index contributed by atoms with van der Waals surface area (Å²) >= 11 is 7.19. The first kappa shape index (κ1) is 15.6. The Balaban J connectivity index is 1.73. The Morgan fingerprint density at radius 1 is 0.864 bits per heavy atom. The molecule has 2 aromatic carbocycles. The number of nitrogens with zero attached hydrogens (tertiary/aromatic N) is 2. The maximum absolute atomic E-state index is 13.0. The van der Waals surface area contributed by atoms with Gasteiger partial charge in [-0.15, -0.1) is 0 Å². The topological polar surface area (TPSA) is 32.5 Å². The van der Waals surface area contributed by atoms with E-state index in [2.05, 4.69) is 41.7 Å². The Morgan fingerprint density at radius 3 is 1.91 bits per heavy atom. The molecular weight excluding hydrogens is 413 g/mol. The SMILES string of the molecule is Nc1cc(Br)c(N2CCN(c3ccc(F)cc3)CC2)c(Br)c1. The predicted octanol–water partition coefficient (Wildman–Crippen LogP) is 4.26. The lowest BCUT2D eigenvalue weighted by Crippen LogP contribution is -2.46. The number of anilines is 3. The van der Waals surface area contributed by atoms with Crippen molar-refractivity contribution in [3.8, 4) is 0 Å². The quantitative estimate of drug-likeness (QED) is 0.725. The standard InChI is InChI=1S/C16H16Br2FN3/c17-14-9-12(20)10-15(18)16(14)22-7-5-21(6-8-22)13-3-1-11(19)2-4-13/h1-4,9-10H,5-8,20H2. The van der Waals surface area contributed by atoms with Gasteiger partial charge in [0, 0.05) is 46.5 Å². The minimum atomic E-state index is -0.197. The van der Waals surface area contributed by atoms with E-state index in [-0.39, 0.29) is 5.82 Å². The highest BCUT2D eigenvalue weighted by molar-refractivity contribution is 9.11. The fraction of sp³-hybridized carbons (Fsp3) is 0.250. The van der Waals surface area contributed by atoms with E-state index < -0.39 is 0 Å². The summed E-state index contributed by atoms with van der Waals surface area (Å²) in [5.41, 5.74) is 8.78. The molecule has 0 unspecified atom stereocenters. The number of nitrogens with two attached hydrogens (primary N) is 1. The molecule has 0 bridgehead atoms. The van der Waals surface area contributed by atoms with Crippen LogP contribution in [0.25, 0.3) is 0 Å². The molecule has 22 heavy (non-hydrogen) atoms. The number of rotatable bonds is 2. The Labute approximate surface area is 146 Å². The number of hydrogen-bond acceptors (Lipinski definition) is 3. The van der Waals surface area contributed by atoms with Crippen molar-refractivity contribution in [1.29, 1.82) is 0 Å². The first-order chi connectivity index (χ1) is 10.5. The van der Waals surface area contributed by atoms with Gasteiger partial charge in [-0.05, 0) is 68.3 Å². The van der Waals surface area contributed by atoms with Gasteiger partial charge in [0.1, 0.15) is 5.82 Å². The van der Waals surface area contributed by atoms with Crippen LogP contribution >= 0.6 is 31.9 Å². The molecule has 0 radical (unpaired) electrons. The van der Waals surface area contributed by atoms with Crippen molar-refractivity contribution in [1.82, 2.24) is 0 Å². The van der Waals surface area contributed by atoms with Crippen LogP contribution in [0.15, 0.2) is 45.3 Å². The summed E-state index contributed by atoms with van der Waals surface area (Å²) in [5.74, 6) is -0.197. The molecule has 6 heteroatoms. The van der Waals surface area contributed by atoms with E-state index in [0.29, 0.717) is 0 Å². The molecule has 0 aliphatic carbocycles. The molecule has 0 spiro atoms. The van der Waals surface area contributed by atoms with Crippen molar-refractivity contribution < 1.29 is 4.39 Å². The summed E-state index contributed by atoms with van der Waals surface area (Å²) in [4.78, 5) is 4.60. The van der Waals surface area contributed by atoms with E-state index in [4.69, 9.17) is 5.73 Å². The maximum atomic E-state index is 13.0. The van der Waals surface area contributed by atoms with Crippen molar-refractivity contribution in [2.24, 2.45) is 0 Å². The van der Waals surface area contributed by atoms with Gasteiger partial charge >= 0.3 is 0 Å². The molecular formula is C16H16Br2FN3. The maximum Gasteiger partial charge on any atom is 0.123 e. The van der Waals surface area contributed by atoms with E-state index in [9.17, 15) is 4.39 Å². The molecule has 3 rings (SSSR count). The molecule has 2 aromatic rings. The molecule has 0 saturated carbocycles. The fourth-order valence-corrected chi connectivity index (χ4v) is 4.45. The van der Waals surface area contributed by atoms with Gasteiger partial charge in [-0.2, -0.15) is 0 Å². The van der Waals surface area contributed by atoms with Gasteiger partial charge in [0.2, 0.25) is 0 Å². The van der Waals surface area contributed by atoms with Crippen LogP contribution in [0.4, 0.5) is 21.5 Å². The number of benzene rings is 2. The Hall–Kier alpha value is -1.27. The summed E-state index contributed by atoms with van der Waals surface area (Å²) in [6.07, 6.45) is 0. The fourth-order valence-electron chi connectivity index (χ4n) is 2.73. The Morgan fingerprint density at radius 2 is 1.36 bits per heavy atom. The average molecular weight is 429 g/mol. The third-order valence-corrected chi connectivity index (χ3v) is 5.04. The van der Waals surface area contributed by atoms with Crippen LogP contribution in [0.2, 0.25) is 0 Å². The third-order valence-electron chi connectivity index (χ3n) is 3.83. The Bertz CT molecular complexity index is 645. The van der Waals surface area contributed by atoms with Crippen molar-refractivity contribution >= 4 is 48.9 Å². The van der Waals surface area contributed by atoms with Gasteiger partial charge in [-0.3, -0.25) is 0 Å². The minimum absolute atomic E-state index is 0.197. The van der Waals surface area contributed by atoms with Gasteiger partial charge in [-0.25, -0.2) is 4.39 Å². The third kappa shape index (κ3) is 3.22. The van der Waals surface area contributed by atoms with Crippen molar-refractivity contribution in [2.45, 2.75) is 0 Å². The zero-order chi connectivity index (χ0) is 15.7. The summed E-state index contributed by atoms with van der Waals surface area (Å²) in [6.45, 7) is 3.60. The molecule has 0 amide bonds. The summed E-state index contributed by atoms with van der Waals surface area (Å²) in [6, 6.07) is 10.5. The lowest BCUT2D eigenvalue weighted by molar-refractivity contribution is 0.624. The molecule has 1 saturated heterocycles. The summed E-state index contributed by atoms with van der Waals surface area (Å²) in [7, 11) is 0. The van der Waals surface area contributed by atoms with Crippen LogP contribution in [-0.4, -0.2) is 26.2 Å². The summed E-state index contributed by atoms with van der Waals surface area (Å²) < 4.78 is 15.0. The van der Waals surface area contributed by atoms with E-state index in [1.54, 1.807) is 0 Å². The molecule has 1 fully saturated rings. The molecule has 0 aromatic heterocycles. The highest BCUT2D eigenvalue weighted by Crippen LogP contribution is 2.37. The van der Waals surface area contributed by atoms with Crippen LogP contribution in [-0.2, 0) is 0 Å². The predicted molar refractivity (Wildman–Crippen MR) is 97.1 cm³/mol. The first-order valence-corrected chi connectivity index (χ1v) is 8.63. The van der Waals surface area contributed by atoms with Crippen molar-refractivity contribution in [2.75, 3.05) is 41.7 Å². The molecule has 3 nitrogen and oxygen atoms in total. The van der Waals surface area contributed by atoms with E-state index in [1.807, 2.05) is 24.3 Å². The largest absolute Gasteiger partial charge is 0.399 e. The van der Waals surface area contributed by atoms with Crippen molar-refractivity contribution in [3.05, 3.63) is 51.2 Å². The van der Waals surface area contributed by atoms with Gasteiger partial charge in [-0.1, -0.05) is 0 Å². The smallest absolute Gasteiger partial charge is 0.123 e. The van der Waals surface area contributed by atoms with E-state index in [0.717, 1.165) is 52.2 Å². The molecule has 1 heterocycles. The van der Waals surface area contributed by atoms with Crippen LogP contribution in [0.5, 0.6) is 0 Å². The Kier molecular flexibility index (Phi) is 4.59. The van der Waals surface area contributed by atoms with E-state index >= 15 is 0 Å². The number of halogens is 3. The number of piperazine rings is 1. The lowest BCUT2D eigenvalue weighted by Gasteiger charge is -2.38. The zero-order valence-electron chi connectivity index (χ0n) is 11.9. The monoisotopic (exact) mass is 427 g/mol. The van der Waals surface area contributed by atoms with Gasteiger partial charge in [0.25, 0.3) is 0 Å². The number of hydrogen-bond donors (Lipinski definition) is 1. The van der Waals surface area contributed by atoms with Crippen molar-refractivity contribution in [3.63, 3.8) is 0 Å². The zero-order valence-corrected chi connectivity index (χ0v) is 15.1. The number of nitrogen functional groups attached to an aromatic ring is 1. The lowest BCUT2D eigenvalue weighted by atomic mass is 10.2. The molecule has 0 atom stereocenters. The second-order valence-corrected chi connectivity index (χ2v) is 6.99. The second-order valence-electron chi connectivity index (χ2n) is 5.28. The van der Waals surface area contributed by atoms with Crippen LogP contribution in [0, 0.1) is 5.82 Å². The molecule has 2 N–H and O–H groups in total. The average Bonchev–Trinajstić information content (AvgIpc) is 2.48. The normalized spacial score (nSPS) is 15.2. The van der Waals surface area contributed by atoms with Gasteiger partial charge < -0.3 is 15.5 Å². The molecule has 1 aliphatic rings. The van der Waals surface area contributed by atoms with Crippen LogP contribution in [0.1, 0.15) is 0 Å². The van der Waals surface area contributed by atoms with Gasteiger partial charge in [0.15, 0.2) is 0 Å². The highest BCUT2D eigenvalue weighted by Gasteiger charge is 2.21. The minimum Gasteiger partial charge on any atom is -0.399 e. The molecule has 116 valence electrons. The first-order valence-electron chi connectivity index (χ1n) is 7.04. The van der Waals surface area contributed by atoms with Crippen LogP contribution in [0.3, 0.4) is 0 Å². The highest BCUT2D eigenvalue weighted by atomic mass is 79.9. The van der Waals surface area contributed by atoms with E-state index in [1.165, 1.54) is 12.1 Å². The van der Waals surface area contributed by atoms with Gasteiger partial charge in [0.05, 0.1) is 5.69 Å². The summed E-state index contributed by atoms with van der Waals surface area (Å²) in [5, 5.41) is 0. The molecule has 1 aliphatic heterocycles.